The van der Waals surface area contributed by atoms with Crippen LogP contribution in [0, 0.1) is 51.2 Å². The van der Waals surface area contributed by atoms with Gasteiger partial charge >= 0.3 is 12.1 Å². The molecule has 0 aromatic rings. The molecule has 0 radical (unpaired) electrons. The highest BCUT2D eigenvalue weighted by molar-refractivity contribution is 5.95. The van der Waals surface area contributed by atoms with E-state index in [9.17, 15) is 27.9 Å². The first kappa shape index (κ1) is 27.2. The van der Waals surface area contributed by atoms with Gasteiger partial charge in [0.05, 0.1) is 12.0 Å². The molecular formula is C30H43F3O4. The second-order valence-corrected chi connectivity index (χ2v) is 14.5. The van der Waals surface area contributed by atoms with Crippen molar-refractivity contribution in [2.45, 2.75) is 105 Å². The number of carbonyl (C=O) groups excluding carboxylic acids is 2. The molecule has 5 aliphatic rings. The van der Waals surface area contributed by atoms with E-state index in [2.05, 4.69) is 39.4 Å². The van der Waals surface area contributed by atoms with E-state index in [-0.39, 0.29) is 57.2 Å². The van der Waals surface area contributed by atoms with E-state index in [1.807, 2.05) is 6.08 Å². The van der Waals surface area contributed by atoms with Gasteiger partial charge < -0.3 is 9.84 Å². The van der Waals surface area contributed by atoms with E-state index in [4.69, 9.17) is 0 Å². The molecular weight excluding hydrogens is 481 g/mol. The van der Waals surface area contributed by atoms with Gasteiger partial charge in [-0.3, -0.25) is 9.59 Å². The first-order valence-corrected chi connectivity index (χ1v) is 14.2. The summed E-state index contributed by atoms with van der Waals surface area (Å²) in [6.45, 7) is 9.58. The first-order valence-electron chi connectivity index (χ1n) is 14.2. The Balaban J connectivity index is 1.46. The molecule has 0 aromatic carbocycles. The number of fused-ring (bicyclic) bond motifs is 7. The summed E-state index contributed by atoms with van der Waals surface area (Å²) in [4.78, 5) is 26.7. The van der Waals surface area contributed by atoms with Gasteiger partial charge in [-0.05, 0) is 103 Å². The van der Waals surface area contributed by atoms with Crippen molar-refractivity contribution < 1.29 is 32.6 Å². The lowest BCUT2D eigenvalue weighted by molar-refractivity contribution is -0.192. The van der Waals surface area contributed by atoms with Crippen LogP contribution in [-0.4, -0.2) is 35.7 Å². The highest BCUT2D eigenvalue weighted by atomic mass is 19.4. The summed E-state index contributed by atoms with van der Waals surface area (Å²) in [6, 6.07) is 0. The fraction of sp³-hybridized carbons (Fsp3) is 0.867. The largest absolute Gasteiger partial charge is 0.456 e. The zero-order chi connectivity index (χ0) is 27.2. The zero-order valence-corrected chi connectivity index (χ0v) is 22.9. The van der Waals surface area contributed by atoms with Gasteiger partial charge in [0.2, 0.25) is 0 Å². The number of aliphatic hydroxyl groups excluding tert-OH is 1. The van der Waals surface area contributed by atoms with E-state index < -0.39 is 24.7 Å². The van der Waals surface area contributed by atoms with Gasteiger partial charge in [0.1, 0.15) is 0 Å². The van der Waals surface area contributed by atoms with Crippen LogP contribution >= 0.6 is 0 Å². The summed E-state index contributed by atoms with van der Waals surface area (Å²) >= 11 is 0. The van der Waals surface area contributed by atoms with Crippen LogP contribution in [0.2, 0.25) is 0 Å². The standard InChI is InChI=1S/C30H43F3O4/c1-26(2)22-8-12-28(4)19-7-11-27(3)10-6-17(25(36)37-16-30(31,32)33)14-20(27)18(19)15-21(34)24(28)29(22,5)13-9-23(26)35/h15,17,19-20,22-24,35H,6-14,16H2,1-5H3. The molecule has 0 aromatic heterocycles. The smallest absolute Gasteiger partial charge is 0.422 e. The molecule has 4 fully saturated rings. The maximum atomic E-state index is 14.1. The van der Waals surface area contributed by atoms with E-state index in [1.165, 1.54) is 0 Å². The molecule has 37 heavy (non-hydrogen) atoms. The number of rotatable bonds is 2. The molecule has 0 amide bonds. The predicted molar refractivity (Wildman–Crippen MR) is 133 cm³/mol. The Hall–Kier alpha value is -1.37. The number of hydrogen-bond donors (Lipinski definition) is 1. The molecule has 1 N–H and O–H groups in total. The summed E-state index contributed by atoms with van der Waals surface area (Å²) in [6.07, 6.45) is 4.25. The van der Waals surface area contributed by atoms with Crippen LogP contribution in [0.15, 0.2) is 11.6 Å². The third-order valence-corrected chi connectivity index (χ3v) is 12.1. The van der Waals surface area contributed by atoms with Gasteiger partial charge in [-0.1, -0.05) is 40.2 Å². The third-order valence-electron chi connectivity index (χ3n) is 12.1. The molecule has 208 valence electrons. The van der Waals surface area contributed by atoms with Gasteiger partial charge in [0.25, 0.3) is 0 Å². The Morgan fingerprint density at radius 3 is 2.30 bits per heavy atom. The third kappa shape index (κ3) is 4.12. The Bertz CT molecular complexity index is 1000. The Kier molecular flexibility index (Phi) is 6.30. The summed E-state index contributed by atoms with van der Waals surface area (Å²) < 4.78 is 42.6. The molecule has 7 heteroatoms. The minimum absolute atomic E-state index is 0.0142. The Labute approximate surface area is 218 Å². The van der Waals surface area contributed by atoms with Gasteiger partial charge in [-0.15, -0.1) is 0 Å². The van der Waals surface area contributed by atoms with E-state index in [0.717, 1.165) is 44.1 Å². The first-order chi connectivity index (χ1) is 17.0. The summed E-state index contributed by atoms with van der Waals surface area (Å²) in [5, 5.41) is 10.8. The Morgan fingerprint density at radius 1 is 0.973 bits per heavy atom. The van der Waals surface area contributed by atoms with Crippen molar-refractivity contribution in [2.24, 2.45) is 51.2 Å². The molecule has 0 aliphatic heterocycles. The quantitative estimate of drug-likeness (QED) is 0.411. The number of carbonyl (C=O) groups is 2. The van der Waals surface area contributed by atoms with E-state index in [1.54, 1.807) is 0 Å². The lowest BCUT2D eigenvalue weighted by Crippen LogP contribution is -2.63. The second kappa shape index (κ2) is 8.56. The van der Waals surface area contributed by atoms with Crippen molar-refractivity contribution in [1.29, 1.82) is 0 Å². The SMILES string of the molecule is CC12CCC(C(=O)OCC(F)(F)F)CC1C1=CC(=O)C3C(C)(CCC4C(C)(C)C(O)CCC43C)C1CC2. The topological polar surface area (TPSA) is 63.6 Å². The van der Waals surface area contributed by atoms with Crippen LogP contribution in [0.4, 0.5) is 13.2 Å². The number of aliphatic hydroxyl groups is 1. The summed E-state index contributed by atoms with van der Waals surface area (Å²) in [5.41, 5.74) is 0.493. The molecule has 4 saturated carbocycles. The van der Waals surface area contributed by atoms with Gasteiger partial charge in [0.15, 0.2) is 12.4 Å². The van der Waals surface area contributed by atoms with E-state index >= 15 is 0 Å². The molecule has 0 bridgehead atoms. The van der Waals surface area contributed by atoms with E-state index in [0.29, 0.717) is 19.3 Å². The van der Waals surface area contributed by atoms with Crippen molar-refractivity contribution in [3.8, 4) is 0 Å². The minimum Gasteiger partial charge on any atom is -0.456 e. The predicted octanol–water partition coefficient (Wildman–Crippen LogP) is 6.65. The maximum absolute atomic E-state index is 14.1. The van der Waals surface area contributed by atoms with Crippen LogP contribution in [0.5, 0.6) is 0 Å². The monoisotopic (exact) mass is 524 g/mol. The molecule has 5 rings (SSSR count). The van der Waals surface area contributed by atoms with Crippen LogP contribution in [-0.2, 0) is 14.3 Å². The number of ether oxygens (including phenoxy) is 1. The zero-order valence-electron chi connectivity index (χ0n) is 22.9. The van der Waals surface area contributed by atoms with Crippen LogP contribution in [0.25, 0.3) is 0 Å². The highest BCUT2D eigenvalue weighted by Crippen LogP contribution is 2.70. The molecule has 9 atom stereocenters. The van der Waals surface area contributed by atoms with Crippen LogP contribution < -0.4 is 0 Å². The van der Waals surface area contributed by atoms with Crippen LogP contribution in [0.1, 0.15) is 92.4 Å². The van der Waals surface area contributed by atoms with Gasteiger partial charge in [-0.2, -0.15) is 13.2 Å². The summed E-state index contributed by atoms with van der Waals surface area (Å²) in [7, 11) is 0. The minimum atomic E-state index is -4.53. The maximum Gasteiger partial charge on any atom is 0.422 e. The molecule has 0 spiro atoms. The Morgan fingerprint density at radius 2 is 1.62 bits per heavy atom. The number of allylic oxidation sites excluding steroid dienone is 2. The van der Waals surface area contributed by atoms with Crippen molar-refractivity contribution in [2.75, 3.05) is 6.61 Å². The molecule has 4 nitrogen and oxygen atoms in total. The van der Waals surface area contributed by atoms with Crippen molar-refractivity contribution in [1.82, 2.24) is 0 Å². The molecule has 5 aliphatic carbocycles. The number of halogens is 3. The lowest BCUT2D eigenvalue weighted by atomic mass is 9.37. The van der Waals surface area contributed by atoms with Crippen LogP contribution in [0.3, 0.4) is 0 Å². The number of ketones is 1. The number of hydrogen-bond acceptors (Lipinski definition) is 4. The number of alkyl halides is 3. The fourth-order valence-electron chi connectivity index (χ4n) is 10.2. The molecule has 9 unspecified atom stereocenters. The normalized spacial score (nSPS) is 47.1. The van der Waals surface area contributed by atoms with Gasteiger partial charge in [0, 0.05) is 5.92 Å². The molecule has 0 saturated heterocycles. The lowest BCUT2D eigenvalue weighted by Gasteiger charge is -2.67. The second-order valence-electron chi connectivity index (χ2n) is 14.5. The van der Waals surface area contributed by atoms with Crippen molar-refractivity contribution in [3.63, 3.8) is 0 Å². The average Bonchev–Trinajstić information content (AvgIpc) is 2.78. The summed E-state index contributed by atoms with van der Waals surface area (Å²) in [5.74, 6) is -0.707. The highest BCUT2D eigenvalue weighted by Gasteiger charge is 2.66. The van der Waals surface area contributed by atoms with Crippen molar-refractivity contribution in [3.05, 3.63) is 11.6 Å². The number of esters is 1. The van der Waals surface area contributed by atoms with Gasteiger partial charge in [-0.25, -0.2) is 0 Å². The van der Waals surface area contributed by atoms with Crippen molar-refractivity contribution >= 4 is 11.8 Å². The average molecular weight is 525 g/mol. The fourth-order valence-corrected chi connectivity index (χ4v) is 10.2. The molecule has 0 heterocycles.